The summed E-state index contributed by atoms with van der Waals surface area (Å²) in [7, 11) is 1.92. The predicted octanol–water partition coefficient (Wildman–Crippen LogP) is 4.56. The zero-order valence-electron chi connectivity index (χ0n) is 13.2. The molecule has 4 heterocycles. The maximum atomic E-state index is 4.81. The van der Waals surface area contributed by atoms with Gasteiger partial charge in [0.05, 0.1) is 15.1 Å². The molecule has 0 unspecified atom stereocenters. The smallest absolute Gasteiger partial charge is 0.167 e. The molecular formula is C17H15N5S2. The van der Waals surface area contributed by atoms with Gasteiger partial charge in [-0.25, -0.2) is 4.98 Å². The van der Waals surface area contributed by atoms with Gasteiger partial charge < -0.3 is 5.32 Å². The van der Waals surface area contributed by atoms with Crippen LogP contribution in [0.4, 0.5) is 11.6 Å². The van der Waals surface area contributed by atoms with Gasteiger partial charge in [0, 0.05) is 36.6 Å². The normalized spacial score (nSPS) is 11.1. The SMILES string of the molecule is CSc1cn(C)nc1Nc1ccc2scc(-c3ccncc3)c2n1. The summed E-state index contributed by atoms with van der Waals surface area (Å²) < 4.78 is 2.97. The summed E-state index contributed by atoms with van der Waals surface area (Å²) in [6.07, 6.45) is 7.65. The fraction of sp³-hybridized carbons (Fsp3) is 0.118. The number of nitrogens with one attached hydrogen (secondary N) is 1. The number of pyridine rings is 2. The highest BCUT2D eigenvalue weighted by atomic mass is 32.2. The number of thioether (sulfide) groups is 1. The van der Waals surface area contributed by atoms with Crippen LogP contribution < -0.4 is 5.32 Å². The molecule has 1 N–H and O–H groups in total. The topological polar surface area (TPSA) is 55.6 Å². The van der Waals surface area contributed by atoms with Crippen LogP contribution in [-0.2, 0) is 7.05 Å². The Labute approximate surface area is 147 Å². The molecule has 0 saturated carbocycles. The molecule has 0 radical (unpaired) electrons. The lowest BCUT2D eigenvalue weighted by atomic mass is 10.1. The number of aryl methyl sites for hydroxylation is 1. The van der Waals surface area contributed by atoms with Crippen molar-refractivity contribution in [1.29, 1.82) is 0 Å². The number of hydrogen-bond donors (Lipinski definition) is 1. The summed E-state index contributed by atoms with van der Waals surface area (Å²) in [4.78, 5) is 10.00. The van der Waals surface area contributed by atoms with Crippen molar-refractivity contribution in [3.8, 4) is 11.1 Å². The Hall–Kier alpha value is -2.38. The third kappa shape index (κ3) is 2.76. The minimum Gasteiger partial charge on any atom is -0.323 e. The highest BCUT2D eigenvalue weighted by Gasteiger charge is 2.11. The van der Waals surface area contributed by atoms with E-state index in [9.17, 15) is 0 Å². The van der Waals surface area contributed by atoms with Crippen LogP contribution in [0.3, 0.4) is 0 Å². The average Bonchev–Trinajstić information content (AvgIpc) is 3.18. The fourth-order valence-corrected chi connectivity index (χ4v) is 3.99. The largest absolute Gasteiger partial charge is 0.323 e. The molecule has 0 amide bonds. The van der Waals surface area contributed by atoms with Crippen LogP contribution in [0.25, 0.3) is 21.3 Å². The van der Waals surface area contributed by atoms with E-state index in [0.29, 0.717) is 0 Å². The molecular weight excluding hydrogens is 338 g/mol. The van der Waals surface area contributed by atoms with Crippen LogP contribution in [0, 0.1) is 0 Å². The van der Waals surface area contributed by atoms with Gasteiger partial charge in [0.15, 0.2) is 5.82 Å². The summed E-state index contributed by atoms with van der Waals surface area (Å²) in [6, 6.07) is 8.11. The van der Waals surface area contributed by atoms with Gasteiger partial charge in [0.25, 0.3) is 0 Å². The average molecular weight is 353 g/mol. The third-order valence-corrected chi connectivity index (χ3v) is 5.35. The van der Waals surface area contributed by atoms with Crippen LogP contribution in [0.2, 0.25) is 0 Å². The molecule has 0 bridgehead atoms. The molecule has 4 rings (SSSR count). The van der Waals surface area contributed by atoms with Crippen molar-refractivity contribution >= 4 is 45.0 Å². The molecule has 24 heavy (non-hydrogen) atoms. The van der Waals surface area contributed by atoms with Crippen LogP contribution in [0.1, 0.15) is 0 Å². The molecule has 0 saturated heterocycles. The van der Waals surface area contributed by atoms with Gasteiger partial charge in [0.1, 0.15) is 5.82 Å². The number of nitrogens with zero attached hydrogens (tertiary/aromatic N) is 4. The lowest BCUT2D eigenvalue weighted by molar-refractivity contribution is 0.769. The molecule has 0 aliphatic heterocycles. The molecule has 0 aromatic carbocycles. The first-order chi connectivity index (χ1) is 11.7. The first-order valence-electron chi connectivity index (χ1n) is 7.38. The van der Waals surface area contributed by atoms with E-state index in [2.05, 4.69) is 26.8 Å². The number of rotatable bonds is 4. The molecule has 4 aromatic rings. The molecule has 0 atom stereocenters. The Morgan fingerprint density at radius 1 is 1.17 bits per heavy atom. The standard InChI is InChI=1S/C17H15N5S2/c1-22-9-14(23-2)17(21-22)20-15-4-3-13-16(19-15)12(10-24-13)11-5-7-18-8-6-11/h3-10H,1-2H3,(H,19,20,21). The molecule has 0 spiro atoms. The van der Waals surface area contributed by atoms with Gasteiger partial charge >= 0.3 is 0 Å². The van der Waals surface area contributed by atoms with Crippen molar-refractivity contribution in [1.82, 2.24) is 19.7 Å². The van der Waals surface area contributed by atoms with Crippen molar-refractivity contribution in [3.63, 3.8) is 0 Å². The Morgan fingerprint density at radius 2 is 2.00 bits per heavy atom. The van der Waals surface area contributed by atoms with Crippen LogP contribution in [0.15, 0.2) is 53.1 Å². The van der Waals surface area contributed by atoms with E-state index in [-0.39, 0.29) is 0 Å². The van der Waals surface area contributed by atoms with Crippen molar-refractivity contribution < 1.29 is 0 Å². The number of fused-ring (bicyclic) bond motifs is 1. The van der Waals surface area contributed by atoms with Crippen LogP contribution >= 0.6 is 23.1 Å². The van der Waals surface area contributed by atoms with E-state index >= 15 is 0 Å². The van der Waals surface area contributed by atoms with Gasteiger partial charge in [-0.05, 0) is 36.1 Å². The summed E-state index contributed by atoms with van der Waals surface area (Å²) in [5.74, 6) is 1.63. The summed E-state index contributed by atoms with van der Waals surface area (Å²) in [5.41, 5.74) is 3.26. The molecule has 5 nitrogen and oxygen atoms in total. The number of anilines is 2. The number of thiophene rings is 1. The number of aromatic nitrogens is 4. The van der Waals surface area contributed by atoms with Gasteiger partial charge in [-0.2, -0.15) is 5.10 Å². The minimum atomic E-state index is 0.796. The van der Waals surface area contributed by atoms with Gasteiger partial charge in [0.2, 0.25) is 0 Å². The highest BCUT2D eigenvalue weighted by molar-refractivity contribution is 7.98. The molecule has 0 aliphatic rings. The molecule has 7 heteroatoms. The maximum Gasteiger partial charge on any atom is 0.167 e. The van der Waals surface area contributed by atoms with Crippen molar-refractivity contribution in [3.05, 3.63) is 48.2 Å². The lowest BCUT2D eigenvalue weighted by Gasteiger charge is -2.05. The Morgan fingerprint density at radius 3 is 2.79 bits per heavy atom. The minimum absolute atomic E-state index is 0.796. The zero-order valence-corrected chi connectivity index (χ0v) is 14.9. The zero-order chi connectivity index (χ0) is 16.5. The van der Waals surface area contributed by atoms with E-state index in [0.717, 1.165) is 33.2 Å². The van der Waals surface area contributed by atoms with E-state index < -0.39 is 0 Å². The van der Waals surface area contributed by atoms with E-state index in [1.54, 1.807) is 40.2 Å². The monoisotopic (exact) mass is 353 g/mol. The lowest BCUT2D eigenvalue weighted by Crippen LogP contribution is -1.96. The molecule has 120 valence electrons. The predicted molar refractivity (Wildman–Crippen MR) is 101 cm³/mol. The first kappa shape index (κ1) is 15.2. The Kier molecular flexibility index (Phi) is 3.95. The fourth-order valence-electron chi connectivity index (χ4n) is 2.54. The number of hydrogen-bond acceptors (Lipinski definition) is 6. The van der Waals surface area contributed by atoms with E-state index in [1.807, 2.05) is 37.7 Å². The van der Waals surface area contributed by atoms with Gasteiger partial charge in [-0.1, -0.05) is 0 Å². The first-order valence-corrected chi connectivity index (χ1v) is 9.48. The second kappa shape index (κ2) is 6.26. The highest BCUT2D eigenvalue weighted by Crippen LogP contribution is 2.34. The summed E-state index contributed by atoms with van der Waals surface area (Å²) >= 11 is 3.36. The quantitative estimate of drug-likeness (QED) is 0.545. The second-order valence-corrected chi connectivity index (χ2v) is 7.03. The van der Waals surface area contributed by atoms with E-state index in [1.165, 1.54) is 4.70 Å². The van der Waals surface area contributed by atoms with Crippen molar-refractivity contribution in [2.45, 2.75) is 4.90 Å². The van der Waals surface area contributed by atoms with E-state index in [4.69, 9.17) is 4.98 Å². The van der Waals surface area contributed by atoms with Gasteiger partial charge in [-0.15, -0.1) is 23.1 Å². The van der Waals surface area contributed by atoms with Gasteiger partial charge in [-0.3, -0.25) is 9.67 Å². The molecule has 0 fully saturated rings. The Balaban J connectivity index is 1.75. The maximum absolute atomic E-state index is 4.81. The molecule has 0 aliphatic carbocycles. The summed E-state index contributed by atoms with van der Waals surface area (Å²) in [5, 5.41) is 9.94. The van der Waals surface area contributed by atoms with Crippen LogP contribution in [0.5, 0.6) is 0 Å². The molecule has 4 aromatic heterocycles. The Bertz CT molecular complexity index is 991. The van der Waals surface area contributed by atoms with Crippen molar-refractivity contribution in [2.75, 3.05) is 11.6 Å². The van der Waals surface area contributed by atoms with Crippen LogP contribution in [-0.4, -0.2) is 26.0 Å². The summed E-state index contributed by atoms with van der Waals surface area (Å²) in [6.45, 7) is 0. The second-order valence-electron chi connectivity index (χ2n) is 5.27. The third-order valence-electron chi connectivity index (χ3n) is 3.67. The van der Waals surface area contributed by atoms with Crippen molar-refractivity contribution in [2.24, 2.45) is 7.05 Å².